The molecule has 3 N–H and O–H groups in total. The minimum absolute atomic E-state index is 0.234. The lowest BCUT2D eigenvalue weighted by Gasteiger charge is -2.36. The van der Waals surface area contributed by atoms with Gasteiger partial charge in [-0.2, -0.15) is 5.10 Å². The largest absolute Gasteiger partial charge is 0.465 e. The van der Waals surface area contributed by atoms with Gasteiger partial charge in [-0.15, -0.1) is 0 Å². The highest BCUT2D eigenvalue weighted by Crippen LogP contribution is 2.40. The Morgan fingerprint density at radius 1 is 1.59 bits per heavy atom. The molecule has 0 aromatic carbocycles. The van der Waals surface area contributed by atoms with Crippen LogP contribution in [0.25, 0.3) is 0 Å². The molecule has 0 bridgehead atoms. The molecule has 0 atom stereocenters. The molecular formula is C10H13N3O4. The van der Waals surface area contributed by atoms with Gasteiger partial charge in [-0.25, -0.2) is 4.79 Å². The van der Waals surface area contributed by atoms with Crippen LogP contribution in [-0.4, -0.2) is 39.3 Å². The molecule has 1 amide bonds. The summed E-state index contributed by atoms with van der Waals surface area (Å²) in [5.41, 5.74) is -0.386. The van der Waals surface area contributed by atoms with E-state index in [9.17, 15) is 9.90 Å². The number of rotatable bonds is 3. The van der Waals surface area contributed by atoms with E-state index in [-0.39, 0.29) is 25.1 Å². The Labute approximate surface area is 97.0 Å². The summed E-state index contributed by atoms with van der Waals surface area (Å²) in [6.07, 6.45) is 0.866. The van der Waals surface area contributed by atoms with Crippen LogP contribution in [0.15, 0.2) is 6.07 Å². The molecule has 7 heteroatoms. The van der Waals surface area contributed by atoms with Gasteiger partial charge in [0, 0.05) is 6.07 Å². The highest BCUT2D eigenvalue weighted by molar-refractivity contribution is 5.81. The van der Waals surface area contributed by atoms with Gasteiger partial charge in [-0.1, -0.05) is 0 Å². The third-order valence-electron chi connectivity index (χ3n) is 3.02. The fraction of sp³-hybridized carbons (Fsp3) is 0.600. The number of carboxylic acid groups (broad SMARTS) is 1. The highest BCUT2D eigenvalue weighted by atomic mass is 16.5. The van der Waals surface area contributed by atoms with Crippen LogP contribution in [0, 0.1) is 0 Å². The van der Waals surface area contributed by atoms with Crippen molar-refractivity contribution in [3.63, 3.8) is 0 Å². The Balaban J connectivity index is 1.94. The van der Waals surface area contributed by atoms with Crippen LogP contribution < -0.4 is 5.32 Å². The zero-order chi connectivity index (χ0) is 12.0. The van der Waals surface area contributed by atoms with Crippen molar-refractivity contribution in [2.45, 2.75) is 24.5 Å². The summed E-state index contributed by atoms with van der Waals surface area (Å²) < 4.78 is 6.73. The van der Waals surface area contributed by atoms with Crippen LogP contribution >= 0.6 is 0 Å². The number of hydrogen-bond acceptors (Lipinski definition) is 4. The van der Waals surface area contributed by atoms with Crippen molar-refractivity contribution in [3.8, 4) is 0 Å². The first-order valence-electron chi connectivity index (χ1n) is 5.49. The fourth-order valence-electron chi connectivity index (χ4n) is 1.95. The van der Waals surface area contributed by atoms with E-state index in [1.807, 2.05) is 0 Å². The predicted octanol–water partition coefficient (Wildman–Crippen LogP) is 0.526. The summed E-state index contributed by atoms with van der Waals surface area (Å²) in [6, 6.07) is 1.86. The molecule has 92 valence electrons. The average Bonchev–Trinajstić information content (AvgIpc) is 2.97. The first kappa shape index (κ1) is 10.5. The van der Waals surface area contributed by atoms with E-state index in [1.165, 1.54) is 0 Å². The standard InChI is InChI=1S/C10H13N3O4/c14-9(15)11-8-3-7(10(16)4-17-5-10)13(12-8)6-1-2-6/h3,6,16H,1-2,4-5H2,(H,11,12)(H,14,15). The lowest BCUT2D eigenvalue weighted by Crippen LogP contribution is -2.48. The van der Waals surface area contributed by atoms with Gasteiger partial charge < -0.3 is 14.9 Å². The number of nitrogens with one attached hydrogen (secondary N) is 1. The third-order valence-corrected chi connectivity index (χ3v) is 3.02. The Kier molecular flexibility index (Phi) is 2.14. The molecule has 1 aliphatic heterocycles. The third kappa shape index (κ3) is 1.77. The summed E-state index contributed by atoms with van der Waals surface area (Å²) in [6.45, 7) is 0.468. The van der Waals surface area contributed by atoms with Crippen molar-refractivity contribution in [1.82, 2.24) is 9.78 Å². The maximum atomic E-state index is 10.6. The number of amides is 1. The highest BCUT2D eigenvalue weighted by Gasteiger charge is 2.43. The average molecular weight is 239 g/mol. The van der Waals surface area contributed by atoms with E-state index >= 15 is 0 Å². The Hall–Kier alpha value is -1.60. The summed E-state index contributed by atoms with van der Waals surface area (Å²) in [5, 5.41) is 25.2. The maximum Gasteiger partial charge on any atom is 0.410 e. The second-order valence-electron chi connectivity index (χ2n) is 4.55. The van der Waals surface area contributed by atoms with E-state index in [4.69, 9.17) is 9.84 Å². The lowest BCUT2D eigenvalue weighted by molar-refractivity contribution is -0.188. The summed E-state index contributed by atoms with van der Waals surface area (Å²) in [4.78, 5) is 10.6. The number of carbonyl (C=O) groups is 1. The van der Waals surface area contributed by atoms with E-state index in [2.05, 4.69) is 10.4 Å². The van der Waals surface area contributed by atoms with Crippen molar-refractivity contribution in [2.24, 2.45) is 0 Å². The summed E-state index contributed by atoms with van der Waals surface area (Å²) >= 11 is 0. The molecule has 0 unspecified atom stereocenters. The van der Waals surface area contributed by atoms with E-state index in [0.29, 0.717) is 5.69 Å². The van der Waals surface area contributed by atoms with Gasteiger partial charge in [0.1, 0.15) is 0 Å². The SMILES string of the molecule is O=C(O)Nc1cc(C2(O)COC2)n(C2CC2)n1. The van der Waals surface area contributed by atoms with Crippen LogP contribution in [0.4, 0.5) is 10.6 Å². The fourth-order valence-corrected chi connectivity index (χ4v) is 1.95. The first-order chi connectivity index (χ1) is 8.08. The lowest BCUT2D eigenvalue weighted by atomic mass is 9.98. The zero-order valence-electron chi connectivity index (χ0n) is 9.09. The van der Waals surface area contributed by atoms with Crippen LogP contribution in [0.5, 0.6) is 0 Å². The normalized spacial score (nSPS) is 21.9. The molecule has 3 rings (SSSR count). The van der Waals surface area contributed by atoms with Crippen molar-refractivity contribution in [1.29, 1.82) is 0 Å². The Morgan fingerprint density at radius 2 is 2.29 bits per heavy atom. The monoisotopic (exact) mass is 239 g/mol. The topological polar surface area (TPSA) is 96.6 Å². The molecule has 1 aliphatic carbocycles. The number of hydrogen-bond donors (Lipinski definition) is 3. The Morgan fingerprint density at radius 3 is 2.76 bits per heavy atom. The van der Waals surface area contributed by atoms with Crippen LogP contribution in [0.3, 0.4) is 0 Å². The van der Waals surface area contributed by atoms with Gasteiger partial charge in [-0.05, 0) is 12.8 Å². The predicted molar refractivity (Wildman–Crippen MR) is 56.9 cm³/mol. The van der Waals surface area contributed by atoms with Gasteiger partial charge in [0.2, 0.25) is 0 Å². The molecule has 1 saturated carbocycles. The van der Waals surface area contributed by atoms with Gasteiger partial charge in [0.25, 0.3) is 0 Å². The first-order valence-corrected chi connectivity index (χ1v) is 5.49. The minimum atomic E-state index is -1.16. The van der Waals surface area contributed by atoms with E-state index in [1.54, 1.807) is 10.7 Å². The van der Waals surface area contributed by atoms with Crippen molar-refractivity contribution in [2.75, 3.05) is 18.5 Å². The zero-order valence-corrected chi connectivity index (χ0v) is 9.09. The molecule has 0 spiro atoms. The van der Waals surface area contributed by atoms with Crippen molar-refractivity contribution in [3.05, 3.63) is 11.8 Å². The van der Waals surface area contributed by atoms with Gasteiger partial charge >= 0.3 is 6.09 Å². The summed E-state index contributed by atoms with van der Waals surface area (Å²) in [7, 11) is 0. The second-order valence-corrected chi connectivity index (χ2v) is 4.55. The number of aliphatic hydroxyl groups is 1. The van der Waals surface area contributed by atoms with E-state index < -0.39 is 11.7 Å². The van der Waals surface area contributed by atoms with Gasteiger partial charge in [0.15, 0.2) is 11.4 Å². The molecule has 2 aliphatic rings. The molecule has 2 fully saturated rings. The molecular weight excluding hydrogens is 226 g/mol. The molecule has 1 aromatic rings. The van der Waals surface area contributed by atoms with Crippen LogP contribution in [0.1, 0.15) is 24.6 Å². The number of anilines is 1. The number of aromatic nitrogens is 2. The van der Waals surface area contributed by atoms with Crippen LogP contribution in [0.2, 0.25) is 0 Å². The van der Waals surface area contributed by atoms with Crippen molar-refractivity contribution < 1.29 is 19.7 Å². The molecule has 1 saturated heterocycles. The smallest absolute Gasteiger partial charge is 0.410 e. The number of nitrogens with zero attached hydrogens (tertiary/aromatic N) is 2. The number of ether oxygens (including phenoxy) is 1. The summed E-state index contributed by atoms with van der Waals surface area (Å²) in [5.74, 6) is 0.250. The molecule has 0 radical (unpaired) electrons. The van der Waals surface area contributed by atoms with Gasteiger partial charge in [-0.3, -0.25) is 10.00 Å². The molecule has 2 heterocycles. The van der Waals surface area contributed by atoms with Crippen LogP contribution in [-0.2, 0) is 10.3 Å². The van der Waals surface area contributed by atoms with Gasteiger partial charge in [0.05, 0.1) is 24.9 Å². The quantitative estimate of drug-likeness (QED) is 0.714. The molecule has 7 nitrogen and oxygen atoms in total. The maximum absolute atomic E-state index is 10.6. The second kappa shape index (κ2) is 3.44. The molecule has 17 heavy (non-hydrogen) atoms. The Bertz CT molecular complexity index is 462. The minimum Gasteiger partial charge on any atom is -0.465 e. The van der Waals surface area contributed by atoms with E-state index in [0.717, 1.165) is 12.8 Å². The van der Waals surface area contributed by atoms with Crippen molar-refractivity contribution >= 4 is 11.9 Å². The molecule has 1 aromatic heterocycles.